The van der Waals surface area contributed by atoms with Crippen LogP contribution in [0.15, 0.2) is 83.8 Å². The largest absolute Gasteiger partial charge is 0.508 e. The smallest absolute Gasteiger partial charge is 0.335 e. The molecule has 0 heterocycles. The molecular weight excluding hydrogens is 470 g/mol. The van der Waals surface area contributed by atoms with E-state index < -0.39 is 16.1 Å². The summed E-state index contributed by atoms with van der Waals surface area (Å²) in [6.07, 6.45) is 0.387. The van der Waals surface area contributed by atoms with Crippen molar-refractivity contribution >= 4 is 32.8 Å². The maximum atomic E-state index is 12.7. The molecule has 0 bridgehead atoms. The molecule has 1 amide bonds. The highest BCUT2D eigenvalue weighted by molar-refractivity contribution is 7.85. The maximum absolute atomic E-state index is 12.7. The van der Waals surface area contributed by atoms with Crippen LogP contribution in [-0.2, 0) is 23.1 Å². The standard InChI is InChI=1S/C26H21NO7S/c28-24-14-19-7-8-20(25(29)27-15-17-3-9-23(10-4-17)35(32,33)34)12-21(19)13-22(24)11-16-1-5-18(6-2-16)26(30)31/h1-10,12-14,28H,11,15H2,(H,27,29)(H,30,31)(H,32,33,34). The number of benzene rings is 4. The molecule has 0 saturated heterocycles. The maximum Gasteiger partial charge on any atom is 0.335 e. The second kappa shape index (κ2) is 9.57. The lowest BCUT2D eigenvalue weighted by Gasteiger charge is -2.10. The van der Waals surface area contributed by atoms with Crippen LogP contribution in [0.4, 0.5) is 0 Å². The number of carbonyl (C=O) groups is 2. The number of phenolic OH excluding ortho intramolecular Hbond substituents is 1. The minimum absolute atomic E-state index is 0.102. The lowest BCUT2D eigenvalue weighted by molar-refractivity contribution is 0.0696. The highest BCUT2D eigenvalue weighted by Crippen LogP contribution is 2.28. The third-order valence-electron chi connectivity index (χ3n) is 5.57. The molecule has 0 fully saturated rings. The van der Waals surface area contributed by atoms with Gasteiger partial charge in [0.2, 0.25) is 0 Å². The van der Waals surface area contributed by atoms with Crippen molar-refractivity contribution in [2.24, 2.45) is 0 Å². The first-order chi connectivity index (χ1) is 16.6. The van der Waals surface area contributed by atoms with Crippen LogP contribution in [-0.4, -0.2) is 35.1 Å². The fourth-order valence-electron chi connectivity index (χ4n) is 3.66. The first-order valence-corrected chi connectivity index (χ1v) is 12.0. The van der Waals surface area contributed by atoms with Gasteiger partial charge in [-0.2, -0.15) is 8.42 Å². The molecule has 0 aliphatic carbocycles. The summed E-state index contributed by atoms with van der Waals surface area (Å²) in [6.45, 7) is 0.162. The zero-order chi connectivity index (χ0) is 25.2. The van der Waals surface area contributed by atoms with Crippen molar-refractivity contribution in [3.63, 3.8) is 0 Å². The monoisotopic (exact) mass is 491 g/mol. The number of aromatic carboxylic acids is 1. The van der Waals surface area contributed by atoms with Crippen molar-refractivity contribution in [1.29, 1.82) is 0 Å². The minimum atomic E-state index is -4.28. The van der Waals surface area contributed by atoms with E-state index in [1.54, 1.807) is 42.5 Å². The fraction of sp³-hybridized carbons (Fsp3) is 0.0769. The third kappa shape index (κ3) is 5.65. The molecule has 0 spiro atoms. The van der Waals surface area contributed by atoms with E-state index in [1.807, 2.05) is 0 Å². The average molecular weight is 492 g/mol. The number of carboxylic acids is 1. The molecule has 4 N–H and O–H groups in total. The van der Waals surface area contributed by atoms with Crippen LogP contribution in [0.5, 0.6) is 5.75 Å². The zero-order valence-corrected chi connectivity index (χ0v) is 19.1. The van der Waals surface area contributed by atoms with Gasteiger partial charge in [-0.1, -0.05) is 30.3 Å². The molecule has 0 saturated carbocycles. The summed E-state index contributed by atoms with van der Waals surface area (Å²) in [6, 6.07) is 20.4. The van der Waals surface area contributed by atoms with E-state index in [2.05, 4.69) is 5.32 Å². The van der Waals surface area contributed by atoms with Crippen molar-refractivity contribution in [3.8, 4) is 5.75 Å². The van der Waals surface area contributed by atoms with Gasteiger partial charge in [0.1, 0.15) is 5.75 Å². The molecular formula is C26H21NO7S. The van der Waals surface area contributed by atoms with Crippen LogP contribution < -0.4 is 5.32 Å². The number of carbonyl (C=O) groups excluding carboxylic acids is 1. The Hall–Kier alpha value is -4.21. The highest BCUT2D eigenvalue weighted by Gasteiger charge is 2.12. The molecule has 4 rings (SSSR count). The molecule has 9 heteroatoms. The number of carboxylic acid groups (broad SMARTS) is 1. The zero-order valence-electron chi connectivity index (χ0n) is 18.3. The van der Waals surface area contributed by atoms with Gasteiger partial charge in [-0.05, 0) is 76.0 Å². The molecule has 0 aliphatic heterocycles. The predicted octanol–water partition coefficient (Wildman–Crippen LogP) is 4.01. The van der Waals surface area contributed by atoms with Crippen molar-refractivity contribution in [1.82, 2.24) is 5.32 Å². The van der Waals surface area contributed by atoms with E-state index in [-0.39, 0.29) is 28.7 Å². The number of hydrogen-bond donors (Lipinski definition) is 4. The molecule has 0 aliphatic rings. The number of rotatable bonds is 7. The lowest BCUT2D eigenvalue weighted by Crippen LogP contribution is -2.22. The Kier molecular flexibility index (Phi) is 6.54. The van der Waals surface area contributed by atoms with Crippen molar-refractivity contribution in [2.75, 3.05) is 0 Å². The Balaban J connectivity index is 1.50. The summed E-state index contributed by atoms with van der Waals surface area (Å²) < 4.78 is 31.3. The van der Waals surface area contributed by atoms with Gasteiger partial charge >= 0.3 is 5.97 Å². The van der Waals surface area contributed by atoms with Gasteiger partial charge in [-0.15, -0.1) is 0 Å². The first kappa shape index (κ1) is 23.9. The Morgan fingerprint density at radius 3 is 2.03 bits per heavy atom. The fourth-order valence-corrected chi connectivity index (χ4v) is 4.14. The van der Waals surface area contributed by atoms with Crippen LogP contribution in [0.3, 0.4) is 0 Å². The number of phenols is 1. The van der Waals surface area contributed by atoms with E-state index in [9.17, 15) is 23.1 Å². The van der Waals surface area contributed by atoms with Crippen molar-refractivity contribution in [3.05, 3.63) is 107 Å². The van der Waals surface area contributed by atoms with Gasteiger partial charge in [0.15, 0.2) is 0 Å². The van der Waals surface area contributed by atoms with Crippen LogP contribution in [0, 0.1) is 0 Å². The third-order valence-corrected chi connectivity index (χ3v) is 6.44. The molecule has 0 radical (unpaired) electrons. The van der Waals surface area contributed by atoms with E-state index in [1.165, 1.54) is 36.4 Å². The summed E-state index contributed by atoms with van der Waals surface area (Å²) in [5.74, 6) is -1.24. The Bertz CT molecular complexity index is 1530. The molecule has 0 atom stereocenters. The summed E-state index contributed by atoms with van der Waals surface area (Å²) >= 11 is 0. The molecule has 178 valence electrons. The van der Waals surface area contributed by atoms with Gasteiger partial charge < -0.3 is 15.5 Å². The quantitative estimate of drug-likeness (QED) is 0.286. The van der Waals surface area contributed by atoms with Gasteiger partial charge in [-0.25, -0.2) is 4.79 Å². The molecule has 35 heavy (non-hydrogen) atoms. The average Bonchev–Trinajstić information content (AvgIpc) is 2.83. The van der Waals surface area contributed by atoms with E-state index in [4.69, 9.17) is 9.66 Å². The van der Waals surface area contributed by atoms with Crippen molar-refractivity contribution < 1.29 is 32.8 Å². The van der Waals surface area contributed by atoms with E-state index >= 15 is 0 Å². The van der Waals surface area contributed by atoms with Crippen molar-refractivity contribution in [2.45, 2.75) is 17.9 Å². The van der Waals surface area contributed by atoms with Gasteiger partial charge in [0.25, 0.3) is 16.0 Å². The first-order valence-electron chi connectivity index (χ1n) is 10.5. The molecule has 0 aromatic heterocycles. The van der Waals surface area contributed by atoms with Crippen LogP contribution in [0.25, 0.3) is 10.8 Å². The molecule has 4 aromatic carbocycles. The predicted molar refractivity (Wildman–Crippen MR) is 129 cm³/mol. The summed E-state index contributed by atoms with van der Waals surface area (Å²) in [5.41, 5.74) is 2.72. The SMILES string of the molecule is O=C(O)c1ccc(Cc2cc3cc(C(=O)NCc4ccc(S(=O)(=O)O)cc4)ccc3cc2O)cc1. The Morgan fingerprint density at radius 1 is 0.771 bits per heavy atom. The van der Waals surface area contributed by atoms with Crippen LogP contribution in [0.1, 0.15) is 37.4 Å². The van der Waals surface area contributed by atoms with Gasteiger partial charge in [0.05, 0.1) is 10.5 Å². The highest BCUT2D eigenvalue weighted by atomic mass is 32.2. The number of fused-ring (bicyclic) bond motifs is 1. The Morgan fingerprint density at radius 2 is 1.40 bits per heavy atom. The van der Waals surface area contributed by atoms with E-state index in [0.29, 0.717) is 23.1 Å². The molecule has 4 aromatic rings. The topological polar surface area (TPSA) is 141 Å². The van der Waals surface area contributed by atoms with Crippen LogP contribution >= 0.6 is 0 Å². The van der Waals surface area contributed by atoms with Crippen LogP contribution in [0.2, 0.25) is 0 Å². The lowest BCUT2D eigenvalue weighted by atomic mass is 9.98. The summed E-state index contributed by atoms with van der Waals surface area (Å²) in [7, 11) is -4.28. The Labute approximate surface area is 201 Å². The second-order valence-electron chi connectivity index (χ2n) is 8.02. The molecule has 0 unspecified atom stereocenters. The molecule has 8 nitrogen and oxygen atoms in total. The number of amides is 1. The van der Waals surface area contributed by atoms with Gasteiger partial charge in [0, 0.05) is 18.5 Å². The minimum Gasteiger partial charge on any atom is -0.508 e. The summed E-state index contributed by atoms with van der Waals surface area (Å²) in [4.78, 5) is 23.5. The van der Waals surface area contributed by atoms with E-state index in [0.717, 1.165) is 16.3 Å². The summed E-state index contributed by atoms with van der Waals surface area (Å²) in [5, 5.41) is 23.8. The number of aromatic hydroxyl groups is 1. The normalized spacial score (nSPS) is 11.3. The number of hydrogen-bond acceptors (Lipinski definition) is 5. The van der Waals surface area contributed by atoms with Gasteiger partial charge in [-0.3, -0.25) is 9.35 Å². The second-order valence-corrected chi connectivity index (χ2v) is 9.44. The number of nitrogens with one attached hydrogen (secondary N) is 1.